The maximum absolute atomic E-state index is 11.4. The Hall–Kier alpha value is -2.37. The summed E-state index contributed by atoms with van der Waals surface area (Å²) >= 11 is 0. The van der Waals surface area contributed by atoms with E-state index in [1.807, 2.05) is 0 Å². The molecule has 0 saturated heterocycles. The lowest BCUT2D eigenvalue weighted by atomic mass is 9.84. The van der Waals surface area contributed by atoms with Gasteiger partial charge in [0.1, 0.15) is 0 Å². The average Bonchev–Trinajstić information content (AvgIpc) is 2.35. The highest BCUT2D eigenvalue weighted by atomic mass is 16.4. The Balaban J connectivity index is 6.35. The zero-order valence-electron chi connectivity index (χ0n) is 13.4. The zero-order chi connectivity index (χ0) is 17.7. The second-order valence-electron chi connectivity index (χ2n) is 5.84. The minimum atomic E-state index is -1.30. The van der Waals surface area contributed by atoms with Crippen molar-refractivity contribution in [2.75, 3.05) is 0 Å². The highest BCUT2D eigenvalue weighted by molar-refractivity contribution is 5.96. The molecule has 6 heteroatoms. The summed E-state index contributed by atoms with van der Waals surface area (Å²) in [6.45, 7) is 8.09. The van der Waals surface area contributed by atoms with Crippen molar-refractivity contribution >= 4 is 17.9 Å². The fourth-order valence-corrected chi connectivity index (χ4v) is 1.71. The van der Waals surface area contributed by atoms with Gasteiger partial charge >= 0.3 is 17.9 Å². The van der Waals surface area contributed by atoms with Crippen LogP contribution in [0.1, 0.15) is 41.0 Å². The predicted molar refractivity (Wildman–Crippen MR) is 81.5 cm³/mol. The topological polar surface area (TPSA) is 112 Å². The number of carboxylic acids is 3. The van der Waals surface area contributed by atoms with E-state index in [0.717, 1.165) is 6.08 Å². The van der Waals surface area contributed by atoms with Crippen molar-refractivity contribution in [3.63, 3.8) is 0 Å². The molecule has 0 bridgehead atoms. The van der Waals surface area contributed by atoms with Crippen LogP contribution >= 0.6 is 0 Å². The molecule has 3 N–H and O–H groups in total. The molecule has 0 fully saturated rings. The molecule has 0 radical (unpaired) electrons. The summed E-state index contributed by atoms with van der Waals surface area (Å²) in [6, 6.07) is 0. The summed E-state index contributed by atoms with van der Waals surface area (Å²) in [5, 5.41) is 27.5. The van der Waals surface area contributed by atoms with E-state index >= 15 is 0 Å². The highest BCUT2D eigenvalue weighted by Crippen LogP contribution is 2.28. The summed E-state index contributed by atoms with van der Waals surface area (Å²) in [7, 11) is 0. The van der Waals surface area contributed by atoms with Crippen LogP contribution in [0.2, 0.25) is 0 Å². The third-order valence-electron chi connectivity index (χ3n) is 3.01. The van der Waals surface area contributed by atoms with Crippen LogP contribution in [0.4, 0.5) is 0 Å². The van der Waals surface area contributed by atoms with Crippen LogP contribution in [0.15, 0.2) is 34.4 Å². The summed E-state index contributed by atoms with van der Waals surface area (Å²) in [4.78, 5) is 33.6. The van der Waals surface area contributed by atoms with Gasteiger partial charge in [-0.3, -0.25) is 0 Å². The van der Waals surface area contributed by atoms with Crippen molar-refractivity contribution in [1.82, 2.24) is 0 Å². The molecule has 22 heavy (non-hydrogen) atoms. The van der Waals surface area contributed by atoms with Crippen LogP contribution < -0.4 is 0 Å². The standard InChI is InChI=1S/C16H22O6/c1-6-10(8-12(15(21)22)16(3,4)5)11(14(19)20)7-9(2)13(17)18/h7-8H,6H2,1-5H3,(H,17,18)(H,19,20)(H,21,22). The van der Waals surface area contributed by atoms with E-state index < -0.39 is 23.3 Å². The molecule has 0 aromatic heterocycles. The second-order valence-corrected chi connectivity index (χ2v) is 5.84. The SMILES string of the molecule is CCC(C=C(C(=O)O)C(C)(C)C)=C(C=C(C)C(=O)O)C(=O)O. The molecule has 0 aromatic rings. The Morgan fingerprint density at radius 2 is 1.41 bits per heavy atom. The van der Waals surface area contributed by atoms with Gasteiger partial charge < -0.3 is 15.3 Å². The largest absolute Gasteiger partial charge is 0.478 e. The number of aliphatic carboxylic acids is 3. The van der Waals surface area contributed by atoms with Gasteiger partial charge in [-0.05, 0) is 36.5 Å². The van der Waals surface area contributed by atoms with Gasteiger partial charge in [-0.15, -0.1) is 0 Å². The fourth-order valence-electron chi connectivity index (χ4n) is 1.71. The first kappa shape index (κ1) is 19.6. The zero-order valence-corrected chi connectivity index (χ0v) is 13.4. The maximum atomic E-state index is 11.4. The van der Waals surface area contributed by atoms with E-state index in [1.165, 1.54) is 13.0 Å². The Kier molecular flexibility index (Phi) is 6.77. The maximum Gasteiger partial charge on any atom is 0.335 e. The minimum Gasteiger partial charge on any atom is -0.478 e. The highest BCUT2D eigenvalue weighted by Gasteiger charge is 2.24. The van der Waals surface area contributed by atoms with Crippen molar-refractivity contribution in [1.29, 1.82) is 0 Å². The first-order valence-corrected chi connectivity index (χ1v) is 6.75. The smallest absolute Gasteiger partial charge is 0.335 e. The lowest BCUT2D eigenvalue weighted by molar-refractivity contribution is -0.134. The molecule has 0 rings (SSSR count). The molecule has 0 saturated carbocycles. The number of carbonyl (C=O) groups is 3. The van der Waals surface area contributed by atoms with Crippen molar-refractivity contribution in [2.24, 2.45) is 5.41 Å². The van der Waals surface area contributed by atoms with Crippen LogP contribution in [-0.2, 0) is 14.4 Å². The van der Waals surface area contributed by atoms with E-state index in [2.05, 4.69) is 0 Å². The number of allylic oxidation sites excluding steroid dienone is 2. The van der Waals surface area contributed by atoms with Gasteiger partial charge in [-0.1, -0.05) is 27.7 Å². The predicted octanol–water partition coefficient (Wildman–Crippen LogP) is 2.87. The first-order chi connectivity index (χ1) is 9.91. The number of hydrogen-bond donors (Lipinski definition) is 3. The lowest BCUT2D eigenvalue weighted by Gasteiger charge is -2.20. The Bertz CT molecular complexity index is 570. The normalized spacial score (nSPS) is 14.4. The molecule has 0 unspecified atom stereocenters. The summed E-state index contributed by atoms with van der Waals surface area (Å²) in [5.74, 6) is -3.66. The minimum absolute atomic E-state index is 0.0597. The molecular formula is C16H22O6. The van der Waals surface area contributed by atoms with E-state index in [1.54, 1.807) is 27.7 Å². The van der Waals surface area contributed by atoms with E-state index in [-0.39, 0.29) is 28.7 Å². The molecule has 122 valence electrons. The first-order valence-electron chi connectivity index (χ1n) is 6.75. The van der Waals surface area contributed by atoms with Crippen LogP contribution in [-0.4, -0.2) is 33.2 Å². The molecule has 0 spiro atoms. The molecule has 0 atom stereocenters. The molecule has 0 aliphatic heterocycles. The van der Waals surface area contributed by atoms with Gasteiger partial charge in [0.25, 0.3) is 0 Å². The number of hydrogen-bond acceptors (Lipinski definition) is 3. The van der Waals surface area contributed by atoms with Crippen LogP contribution in [0.25, 0.3) is 0 Å². The van der Waals surface area contributed by atoms with Crippen molar-refractivity contribution < 1.29 is 29.7 Å². The molecule has 0 heterocycles. The molecule has 6 nitrogen and oxygen atoms in total. The van der Waals surface area contributed by atoms with Crippen molar-refractivity contribution in [2.45, 2.75) is 41.0 Å². The monoisotopic (exact) mass is 310 g/mol. The van der Waals surface area contributed by atoms with Crippen LogP contribution in [0.3, 0.4) is 0 Å². The van der Waals surface area contributed by atoms with Crippen molar-refractivity contribution in [3.8, 4) is 0 Å². The molecule has 0 amide bonds. The Morgan fingerprint density at radius 3 is 1.68 bits per heavy atom. The van der Waals surface area contributed by atoms with Crippen LogP contribution in [0.5, 0.6) is 0 Å². The molecule has 0 aromatic carbocycles. The Morgan fingerprint density at radius 1 is 0.909 bits per heavy atom. The van der Waals surface area contributed by atoms with Crippen LogP contribution in [0, 0.1) is 5.41 Å². The third kappa shape index (κ3) is 5.55. The number of carboxylic acid groups (broad SMARTS) is 3. The van der Waals surface area contributed by atoms with E-state index in [0.29, 0.717) is 0 Å². The summed E-state index contributed by atoms with van der Waals surface area (Å²) < 4.78 is 0. The van der Waals surface area contributed by atoms with Gasteiger partial charge in [0.15, 0.2) is 0 Å². The van der Waals surface area contributed by atoms with Crippen molar-refractivity contribution in [3.05, 3.63) is 34.4 Å². The van der Waals surface area contributed by atoms with E-state index in [4.69, 9.17) is 5.11 Å². The van der Waals surface area contributed by atoms with Gasteiger partial charge in [0.05, 0.1) is 5.57 Å². The molecular weight excluding hydrogens is 288 g/mol. The molecule has 0 aliphatic rings. The van der Waals surface area contributed by atoms with Gasteiger partial charge in [-0.25, -0.2) is 14.4 Å². The number of rotatable bonds is 6. The summed E-state index contributed by atoms with van der Waals surface area (Å²) in [5.41, 5.74) is -0.707. The summed E-state index contributed by atoms with van der Waals surface area (Å²) in [6.07, 6.45) is 2.62. The fraction of sp³-hybridized carbons (Fsp3) is 0.438. The Labute approximate surface area is 129 Å². The lowest BCUT2D eigenvalue weighted by Crippen LogP contribution is -2.18. The quantitative estimate of drug-likeness (QED) is 0.513. The van der Waals surface area contributed by atoms with Gasteiger partial charge in [0.2, 0.25) is 0 Å². The second kappa shape index (κ2) is 7.59. The molecule has 0 aliphatic carbocycles. The van der Waals surface area contributed by atoms with Gasteiger partial charge in [0, 0.05) is 11.1 Å². The van der Waals surface area contributed by atoms with E-state index in [9.17, 15) is 24.6 Å². The van der Waals surface area contributed by atoms with Gasteiger partial charge in [-0.2, -0.15) is 0 Å². The average molecular weight is 310 g/mol. The third-order valence-corrected chi connectivity index (χ3v) is 3.01.